The van der Waals surface area contributed by atoms with Crippen LogP contribution in [-0.2, 0) is 4.79 Å². The van der Waals surface area contributed by atoms with Gasteiger partial charge in [0.25, 0.3) is 0 Å². The Balaban J connectivity index is 1.47. The second-order valence-electron chi connectivity index (χ2n) is 9.51. The molecule has 0 spiro atoms. The van der Waals surface area contributed by atoms with E-state index in [-0.39, 0.29) is 5.97 Å². The van der Waals surface area contributed by atoms with E-state index in [1.165, 1.54) is 38.5 Å². The zero-order valence-electron chi connectivity index (χ0n) is 22.0. The molecule has 3 aromatic rings. The average molecular weight is 489 g/mol. The molecule has 0 radical (unpaired) electrons. The lowest BCUT2D eigenvalue weighted by Gasteiger charge is -2.09. The fourth-order valence-corrected chi connectivity index (χ4v) is 3.89. The zero-order valence-corrected chi connectivity index (χ0v) is 22.0. The number of nitrogens with zero attached hydrogens (tertiary/aromatic N) is 2. The summed E-state index contributed by atoms with van der Waals surface area (Å²) >= 11 is 0. The SMILES string of the molecule is CCCCCCCCCOc1ccc(-c2ncc(-c3ccc(OC(=O)CC(C)CC)cc3)cn2)cc1. The quantitative estimate of drug-likeness (QED) is 0.122. The van der Waals surface area contributed by atoms with Crippen molar-refractivity contribution in [3.63, 3.8) is 0 Å². The van der Waals surface area contributed by atoms with Gasteiger partial charge >= 0.3 is 5.97 Å². The molecule has 0 aliphatic rings. The van der Waals surface area contributed by atoms with Crippen LogP contribution in [0.2, 0.25) is 0 Å². The normalized spacial score (nSPS) is 11.8. The van der Waals surface area contributed by atoms with Crippen LogP contribution >= 0.6 is 0 Å². The third kappa shape index (κ3) is 9.10. The molecule has 0 N–H and O–H groups in total. The van der Waals surface area contributed by atoms with E-state index in [9.17, 15) is 4.79 Å². The van der Waals surface area contributed by atoms with Crippen molar-refractivity contribution in [2.24, 2.45) is 5.92 Å². The van der Waals surface area contributed by atoms with Crippen LogP contribution in [0, 0.1) is 5.92 Å². The fourth-order valence-electron chi connectivity index (χ4n) is 3.89. The number of unbranched alkanes of at least 4 members (excludes halogenated alkanes) is 6. The maximum atomic E-state index is 12.0. The molecule has 36 heavy (non-hydrogen) atoms. The van der Waals surface area contributed by atoms with E-state index in [2.05, 4.69) is 23.8 Å². The highest BCUT2D eigenvalue weighted by atomic mass is 16.5. The van der Waals surface area contributed by atoms with E-state index in [1.807, 2.05) is 67.8 Å². The molecule has 0 bridgehead atoms. The van der Waals surface area contributed by atoms with Crippen LogP contribution < -0.4 is 9.47 Å². The van der Waals surface area contributed by atoms with E-state index in [0.29, 0.717) is 23.9 Å². The van der Waals surface area contributed by atoms with Crippen LogP contribution in [0.4, 0.5) is 0 Å². The Morgan fingerprint density at radius 1 is 0.750 bits per heavy atom. The van der Waals surface area contributed by atoms with Gasteiger partial charge in [-0.3, -0.25) is 4.79 Å². The largest absolute Gasteiger partial charge is 0.494 e. The summed E-state index contributed by atoms with van der Waals surface area (Å²) in [5.74, 6) is 2.24. The first-order chi connectivity index (χ1) is 17.6. The maximum Gasteiger partial charge on any atom is 0.311 e. The van der Waals surface area contributed by atoms with Gasteiger partial charge in [0.05, 0.1) is 6.61 Å². The van der Waals surface area contributed by atoms with Crippen LogP contribution in [0.1, 0.15) is 78.6 Å². The number of hydrogen-bond donors (Lipinski definition) is 0. The minimum absolute atomic E-state index is 0.195. The van der Waals surface area contributed by atoms with Crippen molar-refractivity contribution in [1.29, 1.82) is 0 Å². The van der Waals surface area contributed by atoms with Gasteiger partial charge in [-0.1, -0.05) is 77.8 Å². The predicted molar refractivity (Wildman–Crippen MR) is 146 cm³/mol. The van der Waals surface area contributed by atoms with E-state index in [4.69, 9.17) is 9.47 Å². The molecule has 0 amide bonds. The Morgan fingerprint density at radius 3 is 1.97 bits per heavy atom. The van der Waals surface area contributed by atoms with Crippen LogP contribution in [0.15, 0.2) is 60.9 Å². The van der Waals surface area contributed by atoms with E-state index < -0.39 is 0 Å². The van der Waals surface area contributed by atoms with E-state index in [1.54, 1.807) is 0 Å². The van der Waals surface area contributed by atoms with Gasteiger partial charge in [-0.25, -0.2) is 9.97 Å². The van der Waals surface area contributed by atoms with Crippen LogP contribution in [0.25, 0.3) is 22.5 Å². The smallest absolute Gasteiger partial charge is 0.311 e. The predicted octanol–water partition coefficient (Wildman–Crippen LogP) is 8.28. The number of benzene rings is 2. The molecule has 1 atom stereocenters. The molecule has 5 heteroatoms. The number of esters is 1. The molecular formula is C31H40N2O3. The molecule has 0 saturated heterocycles. The summed E-state index contributed by atoms with van der Waals surface area (Å²) in [7, 11) is 0. The van der Waals surface area contributed by atoms with Crippen molar-refractivity contribution in [1.82, 2.24) is 9.97 Å². The van der Waals surface area contributed by atoms with Crippen LogP contribution in [-0.4, -0.2) is 22.5 Å². The van der Waals surface area contributed by atoms with Crippen molar-refractivity contribution in [2.45, 2.75) is 78.6 Å². The number of aromatic nitrogens is 2. The van der Waals surface area contributed by atoms with Gasteiger partial charge in [-0.2, -0.15) is 0 Å². The van der Waals surface area contributed by atoms with Crippen LogP contribution in [0.5, 0.6) is 11.5 Å². The molecule has 5 nitrogen and oxygen atoms in total. The zero-order chi connectivity index (χ0) is 25.6. The summed E-state index contributed by atoms with van der Waals surface area (Å²) in [6.07, 6.45) is 14.0. The van der Waals surface area contributed by atoms with Gasteiger partial charge in [0.15, 0.2) is 5.82 Å². The molecule has 0 aliphatic carbocycles. The lowest BCUT2D eigenvalue weighted by atomic mass is 10.1. The molecule has 2 aromatic carbocycles. The molecule has 3 rings (SSSR count). The Labute approximate surface area is 216 Å². The first kappa shape index (κ1) is 27.4. The van der Waals surface area contributed by atoms with Gasteiger partial charge < -0.3 is 9.47 Å². The first-order valence-electron chi connectivity index (χ1n) is 13.5. The van der Waals surface area contributed by atoms with Gasteiger partial charge in [0.1, 0.15) is 11.5 Å². The van der Waals surface area contributed by atoms with Gasteiger partial charge in [0, 0.05) is 29.9 Å². The van der Waals surface area contributed by atoms with Crippen molar-refractivity contribution >= 4 is 5.97 Å². The summed E-state index contributed by atoms with van der Waals surface area (Å²) in [5, 5.41) is 0. The molecule has 1 unspecified atom stereocenters. The van der Waals surface area contributed by atoms with Crippen molar-refractivity contribution in [3.05, 3.63) is 60.9 Å². The third-order valence-electron chi connectivity index (χ3n) is 6.41. The highest BCUT2D eigenvalue weighted by Gasteiger charge is 2.10. The number of hydrogen-bond acceptors (Lipinski definition) is 5. The topological polar surface area (TPSA) is 61.3 Å². The minimum atomic E-state index is -0.195. The molecule has 1 aromatic heterocycles. The Hall–Kier alpha value is -3.21. The molecule has 0 fully saturated rings. The minimum Gasteiger partial charge on any atom is -0.494 e. The van der Waals surface area contributed by atoms with Gasteiger partial charge in [-0.05, 0) is 54.3 Å². The Bertz CT molecular complexity index is 1030. The monoisotopic (exact) mass is 488 g/mol. The summed E-state index contributed by atoms with van der Waals surface area (Å²) in [5.41, 5.74) is 2.83. The second kappa shape index (κ2) is 15.0. The Morgan fingerprint density at radius 2 is 1.33 bits per heavy atom. The van der Waals surface area contributed by atoms with Crippen LogP contribution in [0.3, 0.4) is 0 Å². The molecular weight excluding hydrogens is 448 g/mol. The van der Waals surface area contributed by atoms with Gasteiger partial charge in [0.2, 0.25) is 0 Å². The molecule has 1 heterocycles. The summed E-state index contributed by atoms with van der Waals surface area (Å²) < 4.78 is 11.3. The summed E-state index contributed by atoms with van der Waals surface area (Å²) in [4.78, 5) is 21.1. The van der Waals surface area contributed by atoms with Gasteiger partial charge in [-0.15, -0.1) is 0 Å². The van der Waals surface area contributed by atoms with E-state index in [0.717, 1.165) is 41.9 Å². The first-order valence-corrected chi connectivity index (χ1v) is 13.5. The molecule has 192 valence electrons. The summed E-state index contributed by atoms with van der Waals surface area (Å²) in [6.45, 7) is 7.13. The van der Waals surface area contributed by atoms with Crippen molar-refractivity contribution in [2.75, 3.05) is 6.61 Å². The molecule has 0 saturated carbocycles. The number of carbonyl (C=O) groups is 1. The lowest BCUT2D eigenvalue weighted by molar-refractivity contribution is -0.135. The van der Waals surface area contributed by atoms with Crippen molar-refractivity contribution in [3.8, 4) is 34.0 Å². The second-order valence-corrected chi connectivity index (χ2v) is 9.51. The number of carbonyl (C=O) groups excluding carboxylic acids is 1. The number of rotatable bonds is 15. The van der Waals surface area contributed by atoms with E-state index >= 15 is 0 Å². The number of ether oxygens (including phenoxy) is 2. The van der Waals surface area contributed by atoms with Crippen molar-refractivity contribution < 1.29 is 14.3 Å². The highest BCUT2D eigenvalue weighted by Crippen LogP contribution is 2.24. The lowest BCUT2D eigenvalue weighted by Crippen LogP contribution is -2.11. The highest BCUT2D eigenvalue weighted by molar-refractivity contribution is 5.73. The fraction of sp³-hybridized carbons (Fsp3) is 0.452. The summed E-state index contributed by atoms with van der Waals surface area (Å²) in [6, 6.07) is 15.4. The standard InChI is InChI=1S/C31H40N2O3/c1-4-6-7-8-9-10-11-20-35-28-16-14-26(15-17-28)31-32-22-27(23-33-31)25-12-18-29(19-13-25)36-30(34)21-24(3)5-2/h12-19,22-24H,4-11,20-21H2,1-3H3. The third-order valence-corrected chi connectivity index (χ3v) is 6.41. The maximum absolute atomic E-state index is 12.0. The molecule has 0 aliphatic heterocycles. The Kier molecular flexibility index (Phi) is 11.4. The average Bonchev–Trinajstić information content (AvgIpc) is 2.91.